The van der Waals surface area contributed by atoms with E-state index in [0.29, 0.717) is 23.1 Å². The number of benzene rings is 1. The van der Waals surface area contributed by atoms with Gasteiger partial charge in [-0.1, -0.05) is 48.8 Å². The van der Waals surface area contributed by atoms with Crippen LogP contribution in [0, 0.1) is 5.92 Å². The Hall–Kier alpha value is -2.34. The average Bonchev–Trinajstić information content (AvgIpc) is 3.01. The van der Waals surface area contributed by atoms with E-state index in [9.17, 15) is 9.90 Å². The Bertz CT molecular complexity index is 699. The zero-order valence-electron chi connectivity index (χ0n) is 14.0. The number of hydrogen-bond acceptors (Lipinski definition) is 5. The highest BCUT2D eigenvalue weighted by Gasteiger charge is 2.30. The molecule has 1 saturated heterocycles. The van der Waals surface area contributed by atoms with Gasteiger partial charge in [-0.25, -0.2) is 4.79 Å². The first-order chi connectivity index (χ1) is 11.6. The Morgan fingerprint density at radius 1 is 1.42 bits per heavy atom. The number of likely N-dealkylation sites (tertiary alicyclic amines) is 1. The first kappa shape index (κ1) is 16.5. The molecule has 0 amide bonds. The Kier molecular flexibility index (Phi) is 4.85. The smallest absolute Gasteiger partial charge is 0.343 e. The molecule has 2 aromatic rings. The van der Waals surface area contributed by atoms with Gasteiger partial charge in [-0.15, -0.1) is 0 Å². The van der Waals surface area contributed by atoms with Crippen LogP contribution in [0.2, 0.25) is 0 Å². The van der Waals surface area contributed by atoms with Gasteiger partial charge in [0.25, 0.3) is 0 Å². The fraction of sp³-hybridized carbons (Fsp3) is 0.444. The first-order valence-corrected chi connectivity index (χ1v) is 8.33. The topological polar surface area (TPSA) is 78.6 Å². The Morgan fingerprint density at radius 3 is 2.83 bits per heavy atom. The Labute approximate surface area is 141 Å². The van der Waals surface area contributed by atoms with Gasteiger partial charge in [0.1, 0.15) is 0 Å². The van der Waals surface area contributed by atoms with E-state index in [1.165, 1.54) is 0 Å². The number of hydrogen-bond donors (Lipinski definition) is 2. The van der Waals surface area contributed by atoms with Gasteiger partial charge in [0.2, 0.25) is 0 Å². The molecule has 2 N–H and O–H groups in total. The second kappa shape index (κ2) is 7.05. The van der Waals surface area contributed by atoms with E-state index >= 15 is 0 Å². The van der Waals surface area contributed by atoms with Crippen LogP contribution in [0.5, 0.6) is 0 Å². The van der Waals surface area contributed by atoms with Crippen LogP contribution in [0.15, 0.2) is 34.9 Å². The van der Waals surface area contributed by atoms with E-state index in [4.69, 9.17) is 4.52 Å². The lowest BCUT2D eigenvalue weighted by molar-refractivity contribution is 0.0698. The van der Waals surface area contributed by atoms with Gasteiger partial charge in [0.15, 0.2) is 17.1 Å². The van der Waals surface area contributed by atoms with E-state index in [-0.39, 0.29) is 11.6 Å². The highest BCUT2D eigenvalue weighted by Crippen LogP contribution is 2.31. The monoisotopic (exact) mass is 329 g/mol. The molecule has 0 radical (unpaired) electrons. The fourth-order valence-electron chi connectivity index (χ4n) is 3.37. The second-order valence-corrected chi connectivity index (χ2v) is 6.38. The predicted molar refractivity (Wildman–Crippen MR) is 92.2 cm³/mol. The van der Waals surface area contributed by atoms with Crippen LogP contribution in [0.25, 0.3) is 11.3 Å². The molecule has 1 fully saturated rings. The summed E-state index contributed by atoms with van der Waals surface area (Å²) in [6.07, 6.45) is 2.00. The summed E-state index contributed by atoms with van der Waals surface area (Å²) >= 11 is 0. The molecular formula is C18H23N3O3. The van der Waals surface area contributed by atoms with Gasteiger partial charge in [-0.05, 0) is 25.9 Å². The van der Waals surface area contributed by atoms with E-state index in [2.05, 4.69) is 29.3 Å². The number of nitrogens with one attached hydrogen (secondary N) is 1. The average molecular weight is 329 g/mol. The minimum absolute atomic E-state index is 0.106. The number of piperidine rings is 1. The lowest BCUT2D eigenvalue weighted by Crippen LogP contribution is -2.44. The number of carboxylic acid groups (broad SMARTS) is 1. The molecule has 6 heteroatoms. The Balaban J connectivity index is 1.89. The van der Waals surface area contributed by atoms with Crippen LogP contribution in [0.4, 0.5) is 5.82 Å². The van der Waals surface area contributed by atoms with Crippen molar-refractivity contribution in [2.45, 2.75) is 25.8 Å². The molecule has 0 saturated carbocycles. The van der Waals surface area contributed by atoms with Crippen molar-refractivity contribution in [2.24, 2.45) is 5.92 Å². The van der Waals surface area contributed by atoms with Gasteiger partial charge >= 0.3 is 5.97 Å². The maximum absolute atomic E-state index is 11.8. The third-order valence-electron chi connectivity index (χ3n) is 4.73. The molecule has 1 aliphatic heterocycles. The summed E-state index contributed by atoms with van der Waals surface area (Å²) in [7, 11) is 2.12. The predicted octanol–water partition coefficient (Wildman–Crippen LogP) is 3.18. The molecular weight excluding hydrogens is 306 g/mol. The molecule has 1 aliphatic rings. The summed E-state index contributed by atoms with van der Waals surface area (Å²) in [5.74, 6) is 0.0572. The number of anilines is 1. The molecule has 2 atom stereocenters. The molecule has 0 aliphatic carbocycles. The standard InChI is InChI=1S/C18H23N3O3/c1-3-12-11-21(2)10-9-14(12)19-17-15(18(22)23)16(24-20-17)13-7-5-4-6-8-13/h4-8,12,14H,3,9-11H2,1-2H3,(H,19,20)(H,22,23)/t12-,14-/m1/s1. The number of rotatable bonds is 5. The van der Waals surface area contributed by atoms with Crippen LogP contribution in [0.3, 0.4) is 0 Å². The van der Waals surface area contributed by atoms with Crippen molar-refractivity contribution >= 4 is 11.8 Å². The number of nitrogens with zero attached hydrogens (tertiary/aromatic N) is 2. The van der Waals surface area contributed by atoms with Crippen LogP contribution in [-0.2, 0) is 0 Å². The highest BCUT2D eigenvalue weighted by molar-refractivity contribution is 5.99. The third kappa shape index (κ3) is 3.28. The Morgan fingerprint density at radius 2 is 2.17 bits per heavy atom. The molecule has 0 unspecified atom stereocenters. The fourth-order valence-corrected chi connectivity index (χ4v) is 3.37. The van der Waals surface area contributed by atoms with Crippen molar-refractivity contribution in [2.75, 3.05) is 25.5 Å². The van der Waals surface area contributed by atoms with Crippen molar-refractivity contribution in [1.82, 2.24) is 10.1 Å². The van der Waals surface area contributed by atoms with Crippen molar-refractivity contribution in [3.8, 4) is 11.3 Å². The number of carbonyl (C=O) groups is 1. The summed E-state index contributed by atoms with van der Waals surface area (Å²) in [4.78, 5) is 14.1. The molecule has 24 heavy (non-hydrogen) atoms. The van der Waals surface area contributed by atoms with E-state index in [1.807, 2.05) is 30.3 Å². The highest BCUT2D eigenvalue weighted by atomic mass is 16.5. The minimum atomic E-state index is -1.03. The molecule has 6 nitrogen and oxygen atoms in total. The molecule has 0 bridgehead atoms. The van der Waals surface area contributed by atoms with Crippen LogP contribution in [-0.4, -0.2) is 47.3 Å². The maximum atomic E-state index is 11.8. The zero-order chi connectivity index (χ0) is 17.1. The minimum Gasteiger partial charge on any atom is -0.477 e. The summed E-state index contributed by atoms with van der Waals surface area (Å²) in [5, 5.41) is 17.0. The van der Waals surface area contributed by atoms with Crippen molar-refractivity contribution < 1.29 is 14.4 Å². The van der Waals surface area contributed by atoms with E-state index < -0.39 is 5.97 Å². The normalized spacial score (nSPS) is 21.6. The van der Waals surface area contributed by atoms with E-state index in [1.54, 1.807) is 0 Å². The second-order valence-electron chi connectivity index (χ2n) is 6.38. The summed E-state index contributed by atoms with van der Waals surface area (Å²) in [6, 6.07) is 9.42. The van der Waals surface area contributed by atoms with Gasteiger partial charge in [-0.3, -0.25) is 0 Å². The molecule has 1 aromatic heterocycles. The van der Waals surface area contributed by atoms with Crippen molar-refractivity contribution in [3.05, 3.63) is 35.9 Å². The molecule has 0 spiro atoms. The van der Waals surface area contributed by atoms with Crippen LogP contribution >= 0.6 is 0 Å². The molecule has 2 heterocycles. The van der Waals surface area contributed by atoms with Gasteiger partial charge < -0.3 is 19.8 Å². The quantitative estimate of drug-likeness (QED) is 0.877. The number of carboxylic acids is 1. The summed E-state index contributed by atoms with van der Waals surface area (Å²) in [5.41, 5.74) is 0.820. The van der Waals surface area contributed by atoms with Gasteiger partial charge in [-0.2, -0.15) is 0 Å². The van der Waals surface area contributed by atoms with Gasteiger partial charge in [0.05, 0.1) is 0 Å². The zero-order valence-corrected chi connectivity index (χ0v) is 14.0. The molecule has 128 valence electrons. The first-order valence-electron chi connectivity index (χ1n) is 8.33. The largest absolute Gasteiger partial charge is 0.477 e. The van der Waals surface area contributed by atoms with E-state index in [0.717, 1.165) is 25.9 Å². The van der Waals surface area contributed by atoms with Crippen molar-refractivity contribution in [1.29, 1.82) is 0 Å². The third-order valence-corrected chi connectivity index (χ3v) is 4.73. The van der Waals surface area contributed by atoms with Gasteiger partial charge in [0, 0.05) is 18.2 Å². The van der Waals surface area contributed by atoms with Crippen molar-refractivity contribution in [3.63, 3.8) is 0 Å². The lowest BCUT2D eigenvalue weighted by Gasteiger charge is -2.36. The number of aromatic carboxylic acids is 1. The molecule has 1 aromatic carbocycles. The van der Waals surface area contributed by atoms with Crippen LogP contribution < -0.4 is 5.32 Å². The molecule has 3 rings (SSSR count). The summed E-state index contributed by atoms with van der Waals surface area (Å²) in [6.45, 7) is 4.15. The summed E-state index contributed by atoms with van der Waals surface area (Å²) < 4.78 is 5.37. The SMILES string of the molecule is CC[C@@H]1CN(C)CC[C@H]1Nc1noc(-c2ccccc2)c1C(=O)O. The number of aromatic nitrogens is 1. The lowest BCUT2D eigenvalue weighted by atomic mass is 9.90. The maximum Gasteiger partial charge on any atom is 0.343 e. The van der Waals surface area contributed by atoms with Crippen LogP contribution in [0.1, 0.15) is 30.1 Å².